The second-order valence-electron chi connectivity index (χ2n) is 9.93. The number of fused-ring (bicyclic) bond motifs is 1. The second-order valence-corrected chi connectivity index (χ2v) is 9.93. The molecule has 6 heteroatoms. The third-order valence-electron chi connectivity index (χ3n) is 6.07. The monoisotopic (exact) mass is 436 g/mol. The van der Waals surface area contributed by atoms with Crippen molar-refractivity contribution in [3.63, 3.8) is 0 Å². The average Bonchev–Trinajstić information content (AvgIpc) is 2.74. The molecule has 32 heavy (non-hydrogen) atoms. The Labute approximate surface area is 192 Å². The minimum Gasteiger partial charge on any atom is -0.349 e. The minimum absolute atomic E-state index is 0.00440. The van der Waals surface area contributed by atoms with Crippen LogP contribution in [0.3, 0.4) is 0 Å². The van der Waals surface area contributed by atoms with Crippen LogP contribution in [0.5, 0.6) is 0 Å². The van der Waals surface area contributed by atoms with Gasteiger partial charge in [0.05, 0.1) is 6.42 Å². The van der Waals surface area contributed by atoms with Crippen LogP contribution in [0.2, 0.25) is 0 Å². The van der Waals surface area contributed by atoms with Crippen molar-refractivity contribution in [1.29, 1.82) is 0 Å². The Morgan fingerprint density at radius 1 is 1.03 bits per heavy atom. The number of nitrogens with one attached hydrogen (secondary N) is 2. The van der Waals surface area contributed by atoms with Gasteiger partial charge >= 0.3 is 6.03 Å². The highest BCUT2D eigenvalue weighted by Gasteiger charge is 2.29. The van der Waals surface area contributed by atoms with E-state index < -0.39 is 0 Å². The third-order valence-corrected chi connectivity index (χ3v) is 6.07. The Kier molecular flexibility index (Phi) is 7.56. The highest BCUT2D eigenvalue weighted by Crippen LogP contribution is 2.24. The predicted molar refractivity (Wildman–Crippen MR) is 130 cm³/mol. The summed E-state index contributed by atoms with van der Waals surface area (Å²) in [7, 11) is 3.49. The highest BCUT2D eigenvalue weighted by molar-refractivity contribution is 5.89. The number of anilines is 1. The van der Waals surface area contributed by atoms with Gasteiger partial charge in [0.15, 0.2) is 0 Å². The SMILES string of the molecule is CN(C)C(=O)Cc1ccc(NC(=O)NC(CN2CCc3ccccc3C2)C(C)(C)C)cc1. The number of carbonyl (C=O) groups is 2. The Morgan fingerprint density at radius 2 is 1.69 bits per heavy atom. The van der Waals surface area contributed by atoms with Crippen molar-refractivity contribution < 1.29 is 9.59 Å². The molecule has 0 saturated heterocycles. The van der Waals surface area contributed by atoms with Gasteiger partial charge in [0.25, 0.3) is 0 Å². The molecule has 1 unspecified atom stereocenters. The van der Waals surface area contributed by atoms with Crippen LogP contribution in [-0.2, 0) is 24.2 Å². The van der Waals surface area contributed by atoms with E-state index in [1.54, 1.807) is 19.0 Å². The number of nitrogens with zero attached hydrogens (tertiary/aromatic N) is 2. The largest absolute Gasteiger partial charge is 0.349 e. The molecule has 1 heterocycles. The molecule has 0 saturated carbocycles. The highest BCUT2D eigenvalue weighted by atomic mass is 16.2. The molecule has 0 radical (unpaired) electrons. The average molecular weight is 437 g/mol. The summed E-state index contributed by atoms with van der Waals surface area (Å²) in [6.07, 6.45) is 1.40. The number of benzene rings is 2. The lowest BCUT2D eigenvalue weighted by atomic mass is 9.86. The first-order chi connectivity index (χ1) is 15.1. The molecule has 172 valence electrons. The van der Waals surface area contributed by atoms with Gasteiger partial charge in [-0.05, 0) is 40.7 Å². The molecule has 1 aliphatic heterocycles. The van der Waals surface area contributed by atoms with Gasteiger partial charge in [-0.25, -0.2) is 4.79 Å². The van der Waals surface area contributed by atoms with Gasteiger partial charge in [0.2, 0.25) is 5.91 Å². The van der Waals surface area contributed by atoms with Crippen molar-refractivity contribution in [2.45, 2.75) is 46.2 Å². The molecule has 1 atom stereocenters. The summed E-state index contributed by atoms with van der Waals surface area (Å²) < 4.78 is 0. The second kappa shape index (κ2) is 10.2. The van der Waals surface area contributed by atoms with Crippen molar-refractivity contribution in [1.82, 2.24) is 15.1 Å². The molecule has 2 aromatic carbocycles. The lowest BCUT2D eigenvalue weighted by molar-refractivity contribution is -0.127. The first-order valence-corrected chi connectivity index (χ1v) is 11.3. The standard InChI is InChI=1S/C26H36N4O2/c1-26(2,3)23(18-30-15-14-20-8-6-7-9-21(20)17-30)28-25(32)27-22-12-10-19(11-13-22)16-24(31)29(4)5/h6-13,23H,14-18H2,1-5H3,(H2,27,28,32). The summed E-state index contributed by atoms with van der Waals surface area (Å²) in [5.41, 5.74) is 4.36. The predicted octanol–water partition coefficient (Wildman–Crippen LogP) is 3.91. The third kappa shape index (κ3) is 6.57. The van der Waals surface area contributed by atoms with E-state index in [1.165, 1.54) is 11.1 Å². The van der Waals surface area contributed by atoms with Crippen molar-refractivity contribution >= 4 is 17.6 Å². The first-order valence-electron chi connectivity index (χ1n) is 11.3. The number of urea groups is 1. The fourth-order valence-corrected chi connectivity index (χ4v) is 3.87. The molecule has 0 fully saturated rings. The van der Waals surface area contributed by atoms with Gasteiger partial charge in [-0.1, -0.05) is 57.2 Å². The summed E-state index contributed by atoms with van der Waals surface area (Å²) in [6.45, 7) is 9.20. The molecule has 1 aliphatic rings. The molecular formula is C26H36N4O2. The van der Waals surface area contributed by atoms with Gasteiger partial charge in [-0.2, -0.15) is 0 Å². The van der Waals surface area contributed by atoms with E-state index >= 15 is 0 Å². The lowest BCUT2D eigenvalue weighted by Gasteiger charge is -2.37. The van der Waals surface area contributed by atoms with Crippen LogP contribution >= 0.6 is 0 Å². The van der Waals surface area contributed by atoms with Crippen LogP contribution in [0.1, 0.15) is 37.5 Å². The molecule has 3 rings (SSSR count). The smallest absolute Gasteiger partial charge is 0.319 e. The normalized spacial score (nSPS) is 14.9. The van der Waals surface area contributed by atoms with Gasteiger partial charge in [-0.15, -0.1) is 0 Å². The Hall–Kier alpha value is -2.86. The number of carbonyl (C=O) groups excluding carboxylic acids is 2. The van der Waals surface area contributed by atoms with Crippen molar-refractivity contribution in [3.05, 3.63) is 65.2 Å². The molecule has 0 spiro atoms. The molecule has 2 aromatic rings. The van der Waals surface area contributed by atoms with Gasteiger partial charge in [0, 0.05) is 45.5 Å². The van der Waals surface area contributed by atoms with E-state index in [9.17, 15) is 9.59 Å². The molecule has 0 bridgehead atoms. The summed E-state index contributed by atoms with van der Waals surface area (Å²) >= 11 is 0. The number of hydrogen-bond acceptors (Lipinski definition) is 3. The molecule has 0 aromatic heterocycles. The maximum atomic E-state index is 12.8. The van der Waals surface area contributed by atoms with Crippen LogP contribution < -0.4 is 10.6 Å². The zero-order chi connectivity index (χ0) is 23.3. The van der Waals surface area contributed by atoms with E-state index in [-0.39, 0.29) is 23.4 Å². The van der Waals surface area contributed by atoms with Crippen LogP contribution in [0, 0.1) is 5.41 Å². The van der Waals surface area contributed by atoms with E-state index in [0.717, 1.165) is 31.6 Å². The molecule has 3 amide bonds. The van der Waals surface area contributed by atoms with Crippen LogP contribution in [-0.4, -0.2) is 55.0 Å². The Bertz CT molecular complexity index is 932. The van der Waals surface area contributed by atoms with Gasteiger partial charge in [-0.3, -0.25) is 9.69 Å². The zero-order valence-electron chi connectivity index (χ0n) is 19.9. The number of amides is 3. The van der Waals surface area contributed by atoms with Crippen molar-refractivity contribution in [3.8, 4) is 0 Å². The number of likely N-dealkylation sites (N-methyl/N-ethyl adjacent to an activating group) is 1. The first kappa shape index (κ1) is 23.8. The van der Waals surface area contributed by atoms with Crippen LogP contribution in [0.15, 0.2) is 48.5 Å². The van der Waals surface area contributed by atoms with E-state index in [0.29, 0.717) is 12.1 Å². The van der Waals surface area contributed by atoms with Crippen LogP contribution in [0.25, 0.3) is 0 Å². The quantitative estimate of drug-likeness (QED) is 0.722. The Morgan fingerprint density at radius 3 is 2.31 bits per heavy atom. The summed E-state index contributed by atoms with van der Waals surface area (Å²) in [6, 6.07) is 15.8. The fourth-order valence-electron chi connectivity index (χ4n) is 3.87. The maximum Gasteiger partial charge on any atom is 0.319 e. The molecule has 2 N–H and O–H groups in total. The molecular weight excluding hydrogens is 400 g/mol. The maximum absolute atomic E-state index is 12.8. The van der Waals surface area contributed by atoms with Crippen molar-refractivity contribution in [2.24, 2.45) is 5.41 Å². The van der Waals surface area contributed by atoms with Crippen LogP contribution in [0.4, 0.5) is 10.5 Å². The van der Waals surface area contributed by atoms with Crippen molar-refractivity contribution in [2.75, 3.05) is 32.5 Å². The molecule has 0 aliphatic carbocycles. The number of rotatable bonds is 6. The van der Waals surface area contributed by atoms with Gasteiger partial charge in [0.1, 0.15) is 0 Å². The fraction of sp³-hybridized carbons (Fsp3) is 0.462. The Balaban J connectivity index is 1.58. The lowest BCUT2D eigenvalue weighted by Crippen LogP contribution is -2.52. The summed E-state index contributed by atoms with van der Waals surface area (Å²) in [4.78, 5) is 28.6. The van der Waals surface area contributed by atoms with Gasteiger partial charge < -0.3 is 15.5 Å². The summed E-state index contributed by atoms with van der Waals surface area (Å²) in [5.74, 6) is 0.0526. The zero-order valence-corrected chi connectivity index (χ0v) is 19.9. The van der Waals surface area contributed by atoms with E-state index in [4.69, 9.17) is 0 Å². The molecule has 6 nitrogen and oxygen atoms in total. The number of hydrogen-bond donors (Lipinski definition) is 2. The van der Waals surface area contributed by atoms with E-state index in [2.05, 4.69) is 60.6 Å². The topological polar surface area (TPSA) is 64.7 Å². The summed E-state index contributed by atoms with van der Waals surface area (Å²) in [5, 5.41) is 6.12. The van der Waals surface area contributed by atoms with E-state index in [1.807, 2.05) is 24.3 Å². The minimum atomic E-state index is -0.209.